The van der Waals surface area contributed by atoms with Gasteiger partial charge in [-0.25, -0.2) is 9.48 Å². The SMILES string of the molecule is CC(C)c1cccc(C(C)C)c1N1C=[N+](c2c(C(C)C)cccc2C(C)C)CC1.F[B-](F)(F)F.O=C(/C=C/c1ccccc1)/C=C/c1ccccc1.O=C(/C=C/c1ccccc1)/C=C/c1ccccc1.[Pd]. The number of hydrogen-bond donors (Lipinski definition) is 0. The number of benzene rings is 6. The van der Waals surface area contributed by atoms with E-state index in [-0.39, 0.29) is 32.0 Å². The van der Waals surface area contributed by atoms with Gasteiger partial charge < -0.3 is 17.3 Å². The fraction of sp³-hybridized carbons (Fsp3) is 0.230. The second kappa shape index (κ2) is 30.3. The third-order valence-corrected chi connectivity index (χ3v) is 11.1. The number of halogens is 4. The van der Waals surface area contributed by atoms with Gasteiger partial charge in [0.2, 0.25) is 6.34 Å². The molecule has 1 heterocycles. The molecule has 71 heavy (non-hydrogen) atoms. The molecule has 0 N–H and O–H groups in total. The van der Waals surface area contributed by atoms with Crippen LogP contribution in [0.3, 0.4) is 0 Å². The third kappa shape index (κ3) is 21.2. The summed E-state index contributed by atoms with van der Waals surface area (Å²) in [6.45, 7) is 20.5. The van der Waals surface area contributed by atoms with Gasteiger partial charge in [-0.2, -0.15) is 0 Å². The van der Waals surface area contributed by atoms with E-state index in [4.69, 9.17) is 0 Å². The number of allylic oxidation sites excluding steroid dienone is 4. The molecule has 6 aromatic carbocycles. The summed E-state index contributed by atoms with van der Waals surface area (Å²) in [5.74, 6) is 2.03. The fourth-order valence-corrected chi connectivity index (χ4v) is 7.61. The number of carbonyl (C=O) groups excluding carboxylic acids is 2. The molecule has 0 saturated heterocycles. The second-order valence-corrected chi connectivity index (χ2v) is 18.0. The molecule has 0 spiro atoms. The minimum absolute atomic E-state index is 0. The molecule has 0 aromatic heterocycles. The molecule has 7 rings (SSSR count). The first-order valence-corrected chi connectivity index (χ1v) is 23.9. The molecule has 10 heteroatoms. The Morgan fingerprint density at radius 2 is 0.718 bits per heavy atom. The molecule has 4 nitrogen and oxygen atoms in total. The first kappa shape index (κ1) is 58.8. The molecular formula is C61H67BF4N2O2Pd. The predicted octanol–water partition coefficient (Wildman–Crippen LogP) is 16.6. The van der Waals surface area contributed by atoms with Crippen LogP contribution in [0.25, 0.3) is 24.3 Å². The summed E-state index contributed by atoms with van der Waals surface area (Å²) >= 11 is 0. The Morgan fingerprint density at radius 3 is 0.986 bits per heavy atom. The molecule has 0 unspecified atom stereocenters. The van der Waals surface area contributed by atoms with Crippen molar-refractivity contribution < 1.29 is 51.9 Å². The summed E-state index contributed by atoms with van der Waals surface area (Å²) in [5, 5.41) is 0. The van der Waals surface area contributed by atoms with Crippen LogP contribution in [0.1, 0.15) is 124 Å². The average Bonchev–Trinajstić information content (AvgIpc) is 3.84. The fourth-order valence-electron chi connectivity index (χ4n) is 7.61. The quantitative estimate of drug-likeness (QED) is 0.0472. The minimum Gasteiger partial charge on any atom is -0.418 e. The Bertz CT molecular complexity index is 2430. The Morgan fingerprint density at radius 1 is 0.451 bits per heavy atom. The van der Waals surface area contributed by atoms with Crippen molar-refractivity contribution in [3.63, 3.8) is 0 Å². The van der Waals surface area contributed by atoms with Gasteiger partial charge in [0.25, 0.3) is 0 Å². The Kier molecular flexibility index (Phi) is 25.1. The maximum atomic E-state index is 11.6. The number of rotatable bonds is 14. The van der Waals surface area contributed by atoms with Crippen LogP contribution in [0.15, 0.2) is 182 Å². The smallest absolute Gasteiger partial charge is 0.418 e. The van der Waals surface area contributed by atoms with Crippen molar-refractivity contribution in [1.82, 2.24) is 0 Å². The van der Waals surface area contributed by atoms with Crippen molar-refractivity contribution in [1.29, 1.82) is 0 Å². The molecule has 0 radical (unpaired) electrons. The van der Waals surface area contributed by atoms with Crippen LogP contribution >= 0.6 is 0 Å². The van der Waals surface area contributed by atoms with Crippen LogP contribution in [0.4, 0.5) is 28.6 Å². The summed E-state index contributed by atoms with van der Waals surface area (Å²) in [4.78, 5) is 25.7. The molecule has 0 saturated carbocycles. The van der Waals surface area contributed by atoms with Crippen LogP contribution in [0.5, 0.6) is 0 Å². The molecule has 1 aliphatic heterocycles. The third-order valence-electron chi connectivity index (χ3n) is 11.1. The number of para-hydroxylation sites is 2. The van der Waals surface area contributed by atoms with Gasteiger partial charge in [-0.15, -0.1) is 0 Å². The van der Waals surface area contributed by atoms with E-state index < -0.39 is 7.25 Å². The van der Waals surface area contributed by atoms with Crippen molar-refractivity contribution in [3.8, 4) is 0 Å². The van der Waals surface area contributed by atoms with E-state index in [1.54, 1.807) is 24.3 Å². The molecular weight excluding hydrogens is 986 g/mol. The molecule has 0 atom stereocenters. The average molecular weight is 1050 g/mol. The number of anilines is 1. The summed E-state index contributed by atoms with van der Waals surface area (Å²) in [5.41, 5.74) is 12.8. The normalized spacial score (nSPS) is 12.5. The van der Waals surface area contributed by atoms with Crippen LogP contribution in [-0.2, 0) is 30.0 Å². The van der Waals surface area contributed by atoms with Gasteiger partial charge in [-0.3, -0.25) is 9.59 Å². The monoisotopic (exact) mass is 1050 g/mol. The van der Waals surface area contributed by atoms with E-state index in [0.717, 1.165) is 35.3 Å². The van der Waals surface area contributed by atoms with Crippen LogP contribution in [0.2, 0.25) is 0 Å². The van der Waals surface area contributed by atoms with Crippen molar-refractivity contribution in [2.45, 2.75) is 79.1 Å². The van der Waals surface area contributed by atoms with Crippen molar-refractivity contribution >= 4 is 60.8 Å². The standard InChI is InChI=1S/C27H39N2.2C17H14O.BF4.Pd/c1-18(2)22-11-9-12-23(19(3)4)26(22)28-15-16-29(17-28)27-24(20(5)6)13-10-14-25(27)21(7)8;2*18-17(13-11-15-7-3-1-4-8-15)14-12-16-9-5-2-6-10-16;2-1(3,4)5;/h9-14,17-21H,15-16H2,1-8H3;2*1-14H;;/q+1;;;-1;/b;2*13-11+,14-12+;;. The van der Waals surface area contributed by atoms with Crippen molar-refractivity contribution in [2.24, 2.45) is 0 Å². The van der Waals surface area contributed by atoms with Crippen molar-refractivity contribution in [2.75, 3.05) is 18.0 Å². The minimum atomic E-state index is -6.00. The zero-order chi connectivity index (χ0) is 51.1. The van der Waals surface area contributed by atoms with Crippen LogP contribution < -0.4 is 4.90 Å². The van der Waals surface area contributed by atoms with Gasteiger partial charge >= 0.3 is 7.25 Å². The van der Waals surface area contributed by atoms with E-state index in [1.807, 2.05) is 146 Å². The van der Waals surface area contributed by atoms with E-state index in [1.165, 1.54) is 33.6 Å². The summed E-state index contributed by atoms with van der Waals surface area (Å²) in [7, 11) is -6.00. The van der Waals surface area contributed by atoms with E-state index in [0.29, 0.717) is 23.7 Å². The van der Waals surface area contributed by atoms with Crippen LogP contribution in [-0.4, -0.2) is 42.8 Å². The maximum absolute atomic E-state index is 11.6. The van der Waals surface area contributed by atoms with Gasteiger partial charge in [0.05, 0.1) is 0 Å². The molecule has 1 aliphatic rings. The Balaban J connectivity index is 0.000000277. The van der Waals surface area contributed by atoms with Crippen molar-refractivity contribution in [3.05, 3.63) is 227 Å². The molecule has 0 fully saturated rings. The summed E-state index contributed by atoms with van der Waals surface area (Å²) in [6, 6.07) is 52.8. The number of hydrogen-bond acceptors (Lipinski definition) is 3. The summed E-state index contributed by atoms with van der Waals surface area (Å²) in [6.07, 6.45) is 16.0. The number of carbonyl (C=O) groups is 2. The van der Waals surface area contributed by atoms with E-state index in [2.05, 4.69) is 108 Å². The summed E-state index contributed by atoms with van der Waals surface area (Å²) < 4.78 is 41.5. The Labute approximate surface area is 434 Å². The zero-order valence-corrected chi connectivity index (χ0v) is 43.6. The zero-order valence-electron chi connectivity index (χ0n) is 42.0. The van der Waals surface area contributed by atoms with Gasteiger partial charge in [-0.1, -0.05) is 237 Å². The van der Waals surface area contributed by atoms with Crippen LogP contribution in [0, 0.1) is 0 Å². The molecule has 374 valence electrons. The van der Waals surface area contributed by atoms with Gasteiger partial charge in [0.1, 0.15) is 24.5 Å². The predicted molar refractivity (Wildman–Crippen MR) is 290 cm³/mol. The van der Waals surface area contributed by atoms with E-state index >= 15 is 0 Å². The van der Waals surface area contributed by atoms with Gasteiger partial charge in [0.15, 0.2) is 11.6 Å². The van der Waals surface area contributed by atoms with Gasteiger partial charge in [-0.05, 0) is 70.2 Å². The molecule has 0 aliphatic carbocycles. The molecule has 0 amide bonds. The number of ketones is 2. The second-order valence-electron chi connectivity index (χ2n) is 18.0. The first-order chi connectivity index (χ1) is 33.4. The van der Waals surface area contributed by atoms with E-state index in [9.17, 15) is 26.9 Å². The number of nitrogens with zero attached hydrogens (tertiary/aromatic N) is 2. The Hall–Kier alpha value is -6.46. The maximum Gasteiger partial charge on any atom is 0.673 e. The molecule has 0 bridgehead atoms. The topological polar surface area (TPSA) is 40.4 Å². The molecule has 6 aromatic rings. The van der Waals surface area contributed by atoms with Gasteiger partial charge in [0, 0.05) is 42.7 Å². The largest absolute Gasteiger partial charge is 0.673 e. The first-order valence-electron chi connectivity index (χ1n) is 23.9.